The van der Waals surface area contributed by atoms with Crippen molar-refractivity contribution in [2.75, 3.05) is 7.11 Å². The van der Waals surface area contributed by atoms with Gasteiger partial charge in [-0.25, -0.2) is 4.79 Å². The van der Waals surface area contributed by atoms with Gasteiger partial charge in [0.1, 0.15) is 11.5 Å². The summed E-state index contributed by atoms with van der Waals surface area (Å²) in [5, 5.41) is 18.0. The summed E-state index contributed by atoms with van der Waals surface area (Å²) in [7, 11) is 1.62. The second-order valence-corrected chi connectivity index (χ2v) is 5.80. The number of benzene rings is 2. The maximum absolute atomic E-state index is 10.2. The maximum Gasteiger partial charge on any atom is 0.335 e. The Labute approximate surface area is 131 Å². The molecule has 0 heterocycles. The van der Waals surface area contributed by atoms with Crippen molar-refractivity contribution in [2.45, 2.75) is 26.2 Å². The van der Waals surface area contributed by atoms with E-state index in [0.717, 1.165) is 11.3 Å². The second-order valence-electron chi connectivity index (χ2n) is 5.80. The van der Waals surface area contributed by atoms with Crippen molar-refractivity contribution in [1.29, 1.82) is 0 Å². The molecule has 2 rings (SSSR count). The highest BCUT2D eigenvalue weighted by atomic mass is 16.5. The molecule has 2 N–H and O–H groups in total. The summed E-state index contributed by atoms with van der Waals surface area (Å²) in [6, 6.07) is 13.6. The van der Waals surface area contributed by atoms with Gasteiger partial charge in [0.25, 0.3) is 0 Å². The van der Waals surface area contributed by atoms with Crippen molar-refractivity contribution in [3.05, 3.63) is 59.7 Å². The molecular weight excluding hydrogens is 280 g/mol. The van der Waals surface area contributed by atoms with Crippen LogP contribution in [0.5, 0.6) is 11.5 Å². The fourth-order valence-corrected chi connectivity index (χ4v) is 1.82. The van der Waals surface area contributed by atoms with E-state index in [9.17, 15) is 9.90 Å². The van der Waals surface area contributed by atoms with Gasteiger partial charge in [-0.2, -0.15) is 0 Å². The van der Waals surface area contributed by atoms with Crippen LogP contribution in [0.2, 0.25) is 0 Å². The summed E-state index contributed by atoms with van der Waals surface area (Å²) in [4.78, 5) is 10.2. The molecule has 0 aliphatic carbocycles. The molecule has 118 valence electrons. The average molecular weight is 302 g/mol. The molecule has 0 radical (unpaired) electrons. The van der Waals surface area contributed by atoms with E-state index in [-0.39, 0.29) is 5.41 Å². The number of carboxylic acids is 1. The minimum absolute atomic E-state index is 0.0569. The molecule has 2 aromatic rings. The number of aromatic carboxylic acids is 1. The molecule has 22 heavy (non-hydrogen) atoms. The molecule has 0 bridgehead atoms. The zero-order valence-electron chi connectivity index (χ0n) is 13.3. The van der Waals surface area contributed by atoms with Crippen LogP contribution in [0.1, 0.15) is 36.7 Å². The van der Waals surface area contributed by atoms with Crippen molar-refractivity contribution >= 4 is 5.97 Å². The standard InChI is InChI=1S/C11H16O2.C7H6O2/c1-11(2,3)9-7-8(13-4)5-6-10(9)12;8-7(9)6-4-2-1-3-5-6/h5-7,12H,1-4H3;1-5H,(H,8,9). The third kappa shape index (κ3) is 5.13. The number of hydrogen-bond donors (Lipinski definition) is 2. The molecule has 0 saturated carbocycles. The van der Waals surface area contributed by atoms with Crippen molar-refractivity contribution in [3.8, 4) is 11.5 Å². The highest BCUT2D eigenvalue weighted by Crippen LogP contribution is 2.33. The molecule has 4 nitrogen and oxygen atoms in total. The molecule has 0 fully saturated rings. The molecule has 0 amide bonds. The lowest BCUT2D eigenvalue weighted by Gasteiger charge is -2.20. The minimum Gasteiger partial charge on any atom is -0.508 e. The summed E-state index contributed by atoms with van der Waals surface area (Å²) >= 11 is 0. The van der Waals surface area contributed by atoms with Gasteiger partial charge in [-0.1, -0.05) is 39.0 Å². The van der Waals surface area contributed by atoms with Gasteiger partial charge in [-0.3, -0.25) is 0 Å². The molecule has 0 atom stereocenters. The highest BCUT2D eigenvalue weighted by molar-refractivity contribution is 5.87. The molecule has 2 aromatic carbocycles. The first kappa shape index (κ1) is 17.6. The number of rotatable bonds is 2. The third-order valence-electron chi connectivity index (χ3n) is 3.03. The van der Waals surface area contributed by atoms with Gasteiger partial charge >= 0.3 is 5.97 Å². The Morgan fingerprint density at radius 2 is 1.64 bits per heavy atom. The van der Waals surface area contributed by atoms with Crippen LogP contribution in [-0.4, -0.2) is 23.3 Å². The molecule has 4 heteroatoms. The van der Waals surface area contributed by atoms with Gasteiger partial charge in [0, 0.05) is 5.56 Å². The number of carboxylic acid groups (broad SMARTS) is 1. The maximum atomic E-state index is 10.2. The summed E-state index contributed by atoms with van der Waals surface area (Å²) in [5.74, 6) is 0.228. The van der Waals surface area contributed by atoms with Gasteiger partial charge in [-0.15, -0.1) is 0 Å². The molecule has 0 saturated heterocycles. The monoisotopic (exact) mass is 302 g/mol. The molecule has 0 unspecified atom stereocenters. The van der Waals surface area contributed by atoms with E-state index in [0.29, 0.717) is 11.3 Å². The van der Waals surface area contributed by atoms with Crippen LogP contribution in [0, 0.1) is 0 Å². The lowest BCUT2D eigenvalue weighted by Crippen LogP contribution is -2.11. The van der Waals surface area contributed by atoms with Crippen molar-refractivity contribution < 1.29 is 19.7 Å². The molecule has 0 aromatic heterocycles. The first-order chi connectivity index (χ1) is 10.3. The molecule has 0 aliphatic heterocycles. The predicted octanol–water partition coefficient (Wildman–Crippen LogP) is 4.08. The van der Waals surface area contributed by atoms with E-state index in [1.165, 1.54) is 0 Å². The number of phenols is 1. The van der Waals surface area contributed by atoms with E-state index in [2.05, 4.69) is 20.8 Å². The average Bonchev–Trinajstić information content (AvgIpc) is 2.48. The van der Waals surface area contributed by atoms with Crippen LogP contribution in [-0.2, 0) is 5.41 Å². The van der Waals surface area contributed by atoms with Crippen molar-refractivity contribution in [3.63, 3.8) is 0 Å². The number of aromatic hydroxyl groups is 1. The van der Waals surface area contributed by atoms with Crippen molar-refractivity contribution in [1.82, 2.24) is 0 Å². The number of ether oxygens (including phenoxy) is 1. The Kier molecular flexibility index (Phi) is 5.99. The lowest BCUT2D eigenvalue weighted by atomic mass is 9.86. The first-order valence-electron chi connectivity index (χ1n) is 6.91. The van der Waals surface area contributed by atoms with Crippen LogP contribution < -0.4 is 4.74 Å². The van der Waals surface area contributed by atoms with Crippen LogP contribution in [0.3, 0.4) is 0 Å². The van der Waals surface area contributed by atoms with E-state index < -0.39 is 5.97 Å². The normalized spacial score (nSPS) is 10.4. The van der Waals surface area contributed by atoms with Gasteiger partial charge in [-0.05, 0) is 35.7 Å². The van der Waals surface area contributed by atoms with Crippen LogP contribution in [0.15, 0.2) is 48.5 Å². The van der Waals surface area contributed by atoms with E-state index >= 15 is 0 Å². The summed E-state index contributed by atoms with van der Waals surface area (Å²) in [6.07, 6.45) is 0. The SMILES string of the molecule is COc1ccc(O)c(C(C)(C)C)c1.O=C(O)c1ccccc1. The zero-order chi connectivity index (χ0) is 16.8. The number of phenolic OH excluding ortho intramolecular Hbond substituents is 1. The molecule has 0 aliphatic rings. The Balaban J connectivity index is 0.000000235. The van der Waals surface area contributed by atoms with Gasteiger partial charge in [0.05, 0.1) is 12.7 Å². The lowest BCUT2D eigenvalue weighted by molar-refractivity contribution is 0.0697. The Morgan fingerprint density at radius 1 is 1.05 bits per heavy atom. The van der Waals surface area contributed by atoms with Gasteiger partial charge in [0.2, 0.25) is 0 Å². The quantitative estimate of drug-likeness (QED) is 0.877. The Morgan fingerprint density at radius 3 is 2.05 bits per heavy atom. The summed E-state index contributed by atoms with van der Waals surface area (Å²) in [6.45, 7) is 6.17. The van der Waals surface area contributed by atoms with E-state index in [1.54, 1.807) is 49.6 Å². The van der Waals surface area contributed by atoms with Crippen LogP contribution >= 0.6 is 0 Å². The molecule has 0 spiro atoms. The fraction of sp³-hybridized carbons (Fsp3) is 0.278. The second kappa shape index (κ2) is 7.50. The summed E-state index contributed by atoms with van der Waals surface area (Å²) < 4.78 is 5.09. The highest BCUT2D eigenvalue weighted by Gasteiger charge is 2.18. The fourth-order valence-electron chi connectivity index (χ4n) is 1.82. The van der Waals surface area contributed by atoms with Crippen LogP contribution in [0.25, 0.3) is 0 Å². The van der Waals surface area contributed by atoms with Gasteiger partial charge in [0.15, 0.2) is 0 Å². The summed E-state index contributed by atoms with van der Waals surface area (Å²) in [5.41, 5.74) is 1.18. The smallest absolute Gasteiger partial charge is 0.335 e. The third-order valence-corrected chi connectivity index (χ3v) is 3.03. The predicted molar refractivity (Wildman–Crippen MR) is 86.8 cm³/mol. The zero-order valence-corrected chi connectivity index (χ0v) is 13.3. The van der Waals surface area contributed by atoms with E-state index in [1.807, 2.05) is 6.07 Å². The van der Waals surface area contributed by atoms with Crippen LogP contribution in [0.4, 0.5) is 0 Å². The Hall–Kier alpha value is -2.49. The van der Waals surface area contributed by atoms with Gasteiger partial charge < -0.3 is 14.9 Å². The first-order valence-corrected chi connectivity index (χ1v) is 6.91. The largest absolute Gasteiger partial charge is 0.508 e. The number of methoxy groups -OCH3 is 1. The topological polar surface area (TPSA) is 66.8 Å². The van der Waals surface area contributed by atoms with E-state index in [4.69, 9.17) is 9.84 Å². The minimum atomic E-state index is -0.879. The Bertz CT molecular complexity index is 613. The number of carbonyl (C=O) groups is 1. The number of hydrogen-bond acceptors (Lipinski definition) is 3. The molecular formula is C18H22O4. The van der Waals surface area contributed by atoms with Crippen molar-refractivity contribution in [2.24, 2.45) is 0 Å².